The first-order valence-corrected chi connectivity index (χ1v) is 10.0. The molecular weight excluding hydrogens is 469 g/mol. The van der Waals surface area contributed by atoms with Gasteiger partial charge in [-0.3, -0.25) is 4.79 Å². The molecule has 0 saturated carbocycles. The second kappa shape index (κ2) is 9.39. The van der Waals surface area contributed by atoms with Crippen molar-refractivity contribution in [2.45, 2.75) is 43.8 Å². The second-order valence-corrected chi connectivity index (χ2v) is 8.00. The Morgan fingerprint density at radius 2 is 2.03 bits per heavy atom. The van der Waals surface area contributed by atoms with Gasteiger partial charge in [-0.15, -0.1) is 0 Å². The van der Waals surface area contributed by atoms with Gasteiger partial charge in [0.15, 0.2) is 17.2 Å². The van der Waals surface area contributed by atoms with Crippen LogP contribution in [0.5, 0.6) is 5.75 Å². The van der Waals surface area contributed by atoms with E-state index in [1.165, 1.54) is 13.0 Å². The number of methoxy groups -OCH3 is 1. The largest absolute Gasteiger partial charge is 0.493 e. The Morgan fingerprint density at radius 1 is 1.35 bits per heavy atom. The van der Waals surface area contributed by atoms with Gasteiger partial charge in [-0.25, -0.2) is 4.39 Å². The van der Waals surface area contributed by atoms with Crippen molar-refractivity contribution >= 4 is 11.6 Å². The fourth-order valence-electron chi connectivity index (χ4n) is 3.96. The lowest BCUT2D eigenvalue weighted by atomic mass is 9.77. The zero-order valence-electron chi connectivity index (χ0n) is 18.2. The summed E-state index contributed by atoms with van der Waals surface area (Å²) in [5, 5.41) is 28.3. The third-order valence-corrected chi connectivity index (χ3v) is 6.03. The Morgan fingerprint density at radius 3 is 2.62 bits per heavy atom. The fourth-order valence-corrected chi connectivity index (χ4v) is 3.96. The molecule has 0 radical (unpaired) electrons. The first kappa shape index (κ1) is 25.7. The number of anilines is 1. The van der Waals surface area contributed by atoms with Crippen molar-refractivity contribution in [2.75, 3.05) is 19.0 Å². The van der Waals surface area contributed by atoms with Gasteiger partial charge in [-0.1, -0.05) is 13.0 Å². The number of carbonyl (C=O) groups excluding carboxylic acids is 1. The maximum atomic E-state index is 14.4. The fraction of sp³-hybridized carbons (Fsp3) is 0.476. The van der Waals surface area contributed by atoms with E-state index in [4.69, 9.17) is 14.6 Å². The van der Waals surface area contributed by atoms with E-state index in [0.717, 1.165) is 32.4 Å². The number of alkyl halides is 3. The number of carbonyl (C=O) groups is 1. The van der Waals surface area contributed by atoms with Crippen molar-refractivity contribution in [2.24, 2.45) is 5.92 Å². The van der Waals surface area contributed by atoms with Crippen LogP contribution in [0.15, 0.2) is 24.4 Å². The number of aliphatic hydroxyl groups excluding tert-OH is 2. The molecule has 0 bridgehead atoms. The molecule has 34 heavy (non-hydrogen) atoms. The molecular formula is C21H22F5N3O5. The minimum absolute atomic E-state index is 0.0460. The number of ether oxygens (including phenoxy) is 2. The van der Waals surface area contributed by atoms with Crippen molar-refractivity contribution in [3.05, 3.63) is 47.3 Å². The lowest BCUT2D eigenvalue weighted by molar-refractivity contribution is -0.272. The number of hydrogen-bond donors (Lipinski definition) is 3. The summed E-state index contributed by atoms with van der Waals surface area (Å²) < 4.78 is 80.2. The summed E-state index contributed by atoms with van der Waals surface area (Å²) >= 11 is 0. The number of nitrogens with one attached hydrogen (secondary N) is 1. The van der Waals surface area contributed by atoms with E-state index >= 15 is 0 Å². The molecule has 1 aliphatic rings. The van der Waals surface area contributed by atoms with Gasteiger partial charge in [0.05, 0.1) is 31.3 Å². The number of amides is 1. The van der Waals surface area contributed by atoms with Crippen molar-refractivity contribution in [3.63, 3.8) is 0 Å². The highest BCUT2D eigenvalue weighted by atomic mass is 19.4. The van der Waals surface area contributed by atoms with E-state index in [9.17, 15) is 31.9 Å². The number of aliphatic hydroxyl groups is 2. The zero-order valence-corrected chi connectivity index (χ0v) is 18.2. The second-order valence-electron chi connectivity index (χ2n) is 8.00. The summed E-state index contributed by atoms with van der Waals surface area (Å²) in [5.74, 6) is -7.14. The molecule has 186 valence electrons. The molecule has 2 heterocycles. The van der Waals surface area contributed by atoms with E-state index in [0.29, 0.717) is 0 Å². The molecule has 1 aliphatic heterocycles. The van der Waals surface area contributed by atoms with Gasteiger partial charge >= 0.3 is 6.18 Å². The van der Waals surface area contributed by atoms with Gasteiger partial charge < -0.3 is 25.0 Å². The Hall–Kier alpha value is -2.90. The van der Waals surface area contributed by atoms with Gasteiger partial charge in [0, 0.05) is 17.4 Å². The van der Waals surface area contributed by atoms with Crippen LogP contribution >= 0.6 is 0 Å². The molecule has 0 aliphatic carbocycles. The Balaban J connectivity index is 2.05. The maximum Gasteiger partial charge on any atom is 0.417 e. The third-order valence-electron chi connectivity index (χ3n) is 6.03. The van der Waals surface area contributed by atoms with Crippen molar-refractivity contribution in [3.8, 4) is 5.75 Å². The SMILES string of the molecule is COc1c([C@H]2[C@H](C(=O)Nc3cnnc([C@H](O)CO)c3)O[C@@](C)(C(F)(F)F)[C@H]2C)ccc(F)c1F. The minimum Gasteiger partial charge on any atom is -0.493 e. The van der Waals surface area contributed by atoms with Crippen LogP contribution in [0.4, 0.5) is 27.6 Å². The summed E-state index contributed by atoms with van der Waals surface area (Å²) in [6.45, 7) is 1.28. The highest BCUT2D eigenvalue weighted by molar-refractivity contribution is 5.95. The summed E-state index contributed by atoms with van der Waals surface area (Å²) in [6, 6.07) is 2.95. The van der Waals surface area contributed by atoms with Gasteiger partial charge in [0.2, 0.25) is 5.82 Å². The highest BCUT2D eigenvalue weighted by Crippen LogP contribution is 2.55. The zero-order chi connectivity index (χ0) is 25.4. The molecule has 8 nitrogen and oxygen atoms in total. The molecule has 3 rings (SSSR count). The summed E-state index contributed by atoms with van der Waals surface area (Å²) in [6.07, 6.45) is -7.03. The predicted octanol–water partition coefficient (Wildman–Crippen LogP) is 2.87. The summed E-state index contributed by atoms with van der Waals surface area (Å²) in [4.78, 5) is 13.1. The molecule has 1 aromatic heterocycles. The first-order valence-electron chi connectivity index (χ1n) is 10.0. The normalized spacial score (nSPS) is 25.8. The third kappa shape index (κ3) is 4.42. The number of nitrogens with zero attached hydrogens (tertiary/aromatic N) is 2. The Labute approximate surface area is 190 Å². The van der Waals surface area contributed by atoms with Crippen LogP contribution in [0.1, 0.15) is 37.1 Å². The van der Waals surface area contributed by atoms with Crippen molar-refractivity contribution in [1.82, 2.24) is 10.2 Å². The van der Waals surface area contributed by atoms with Crippen LogP contribution in [0.25, 0.3) is 0 Å². The number of benzene rings is 1. The summed E-state index contributed by atoms with van der Waals surface area (Å²) in [5.41, 5.74) is -3.12. The molecule has 2 aromatic rings. The van der Waals surface area contributed by atoms with Crippen molar-refractivity contribution < 1.29 is 46.4 Å². The van der Waals surface area contributed by atoms with Gasteiger partial charge in [-0.05, 0) is 19.1 Å². The predicted molar refractivity (Wildman–Crippen MR) is 107 cm³/mol. The smallest absolute Gasteiger partial charge is 0.417 e. The first-order chi connectivity index (χ1) is 15.9. The van der Waals surface area contributed by atoms with E-state index < -0.39 is 65.7 Å². The number of aromatic nitrogens is 2. The molecule has 0 spiro atoms. The van der Waals surface area contributed by atoms with Gasteiger partial charge in [0.1, 0.15) is 12.2 Å². The quantitative estimate of drug-likeness (QED) is 0.533. The molecule has 1 fully saturated rings. The monoisotopic (exact) mass is 491 g/mol. The Bertz CT molecular complexity index is 1070. The number of halogens is 5. The average molecular weight is 491 g/mol. The lowest BCUT2D eigenvalue weighted by Crippen LogP contribution is -2.47. The molecule has 5 atom stereocenters. The van der Waals surface area contributed by atoms with Crippen LogP contribution < -0.4 is 10.1 Å². The molecule has 1 amide bonds. The van der Waals surface area contributed by atoms with Crippen LogP contribution in [0, 0.1) is 17.6 Å². The summed E-state index contributed by atoms with van der Waals surface area (Å²) in [7, 11) is 1.02. The van der Waals surface area contributed by atoms with Crippen LogP contribution in [0.2, 0.25) is 0 Å². The lowest BCUT2D eigenvalue weighted by Gasteiger charge is -2.32. The van der Waals surface area contributed by atoms with E-state index in [1.807, 2.05) is 0 Å². The Kier molecular flexibility index (Phi) is 7.10. The number of hydrogen-bond acceptors (Lipinski definition) is 7. The molecule has 1 aromatic carbocycles. The van der Waals surface area contributed by atoms with E-state index in [1.54, 1.807) is 0 Å². The van der Waals surface area contributed by atoms with E-state index in [2.05, 4.69) is 15.5 Å². The highest BCUT2D eigenvalue weighted by Gasteiger charge is 2.65. The molecule has 1 saturated heterocycles. The van der Waals surface area contributed by atoms with Gasteiger partial charge in [0.25, 0.3) is 5.91 Å². The molecule has 13 heteroatoms. The van der Waals surface area contributed by atoms with Crippen LogP contribution in [-0.2, 0) is 9.53 Å². The average Bonchev–Trinajstić information content (AvgIpc) is 3.07. The van der Waals surface area contributed by atoms with Crippen LogP contribution in [0.3, 0.4) is 0 Å². The van der Waals surface area contributed by atoms with Crippen molar-refractivity contribution in [1.29, 1.82) is 0 Å². The molecule has 3 N–H and O–H groups in total. The standard InChI is InChI=1S/C21H22F5N3O5/c1-9-15(11-4-5-12(22)16(23)17(11)33-3)18(34-20(9,2)21(24,25)26)19(32)28-10-6-13(14(31)8-30)29-27-7-10/h4-7,9,14-15,18,30-31H,8H2,1-3H3,(H,28,29,32)/t9-,14+,15-,18+,20+/m0/s1. The minimum atomic E-state index is -4.90. The number of rotatable bonds is 6. The van der Waals surface area contributed by atoms with Gasteiger partial charge in [-0.2, -0.15) is 27.8 Å². The maximum absolute atomic E-state index is 14.4. The van der Waals surface area contributed by atoms with E-state index in [-0.39, 0.29) is 16.9 Å². The van der Waals surface area contributed by atoms with Crippen LogP contribution in [-0.4, -0.2) is 57.9 Å². The topological polar surface area (TPSA) is 114 Å². The molecule has 0 unspecified atom stereocenters.